The molecule has 136 valence electrons. The molecule has 2 unspecified atom stereocenters. The molecule has 2 aromatic rings. The van der Waals surface area contributed by atoms with E-state index in [0.29, 0.717) is 6.54 Å². The largest absolute Gasteiger partial charge is 0.335 e. The molecule has 1 heterocycles. The van der Waals surface area contributed by atoms with Crippen molar-refractivity contribution in [1.82, 2.24) is 4.90 Å². The molecule has 3 rings (SSSR count). The van der Waals surface area contributed by atoms with E-state index in [9.17, 15) is 9.59 Å². The highest BCUT2D eigenvalue weighted by Crippen LogP contribution is 2.30. The molecular formula is C22H26N2O2. The normalized spacial score (nSPS) is 18.0. The molecule has 0 aliphatic carbocycles. The number of carbonyl (C=O) groups excluding carboxylic acids is 2. The molecule has 0 spiro atoms. The van der Waals surface area contributed by atoms with Gasteiger partial charge in [0.2, 0.25) is 11.8 Å². The van der Waals surface area contributed by atoms with Crippen LogP contribution in [0.15, 0.2) is 54.6 Å². The second kappa shape index (κ2) is 7.73. The number of hydrogen-bond donors (Lipinski definition) is 0. The van der Waals surface area contributed by atoms with Gasteiger partial charge in [0.25, 0.3) is 0 Å². The van der Waals surface area contributed by atoms with Crippen molar-refractivity contribution in [2.24, 2.45) is 5.92 Å². The molecule has 2 amide bonds. The lowest BCUT2D eigenvalue weighted by molar-refractivity contribution is -0.130. The zero-order valence-electron chi connectivity index (χ0n) is 15.7. The van der Waals surface area contributed by atoms with Crippen LogP contribution in [-0.2, 0) is 16.0 Å². The van der Waals surface area contributed by atoms with E-state index in [0.717, 1.165) is 17.7 Å². The highest BCUT2D eigenvalue weighted by Gasteiger charge is 2.38. The maximum atomic E-state index is 12.9. The third-order valence-electron chi connectivity index (χ3n) is 5.29. The monoisotopic (exact) mass is 350 g/mol. The number of anilines is 1. The zero-order chi connectivity index (χ0) is 18.7. The zero-order valence-corrected chi connectivity index (χ0v) is 15.7. The van der Waals surface area contributed by atoms with Crippen molar-refractivity contribution in [1.29, 1.82) is 0 Å². The Morgan fingerprint density at radius 1 is 1.19 bits per heavy atom. The van der Waals surface area contributed by atoms with Gasteiger partial charge in [-0.3, -0.25) is 9.59 Å². The maximum Gasteiger partial charge on any atom is 0.232 e. The summed E-state index contributed by atoms with van der Waals surface area (Å²) in [5.41, 5.74) is 3.18. The summed E-state index contributed by atoms with van der Waals surface area (Å²) < 4.78 is 0. The standard InChI is InChI=1S/C22H26N2O2/c1-4-17-9-8-12-20(13-17)23(3)22(26)19-14-21(25)24(15-19)16(2)18-10-6-5-7-11-18/h5-13,16,19H,4,14-15H2,1-3H3. The molecule has 1 aliphatic rings. The summed E-state index contributed by atoms with van der Waals surface area (Å²) in [6, 6.07) is 18.0. The van der Waals surface area contributed by atoms with Crippen molar-refractivity contribution in [3.63, 3.8) is 0 Å². The second-order valence-electron chi connectivity index (χ2n) is 6.95. The van der Waals surface area contributed by atoms with Crippen LogP contribution in [-0.4, -0.2) is 30.3 Å². The molecule has 1 fully saturated rings. The molecule has 0 aromatic heterocycles. The van der Waals surface area contributed by atoms with Crippen molar-refractivity contribution in [2.75, 3.05) is 18.5 Å². The Bertz CT molecular complexity index is 788. The van der Waals surface area contributed by atoms with E-state index >= 15 is 0 Å². The Hall–Kier alpha value is -2.62. The van der Waals surface area contributed by atoms with Gasteiger partial charge in [-0.05, 0) is 36.6 Å². The van der Waals surface area contributed by atoms with Gasteiger partial charge in [-0.1, -0.05) is 49.4 Å². The van der Waals surface area contributed by atoms with Gasteiger partial charge in [-0.25, -0.2) is 0 Å². The first-order chi connectivity index (χ1) is 12.5. The van der Waals surface area contributed by atoms with Crippen molar-refractivity contribution in [2.45, 2.75) is 32.7 Å². The molecule has 1 saturated heterocycles. The average Bonchev–Trinajstić information content (AvgIpc) is 3.08. The topological polar surface area (TPSA) is 40.6 Å². The second-order valence-corrected chi connectivity index (χ2v) is 6.95. The minimum atomic E-state index is -0.288. The van der Waals surface area contributed by atoms with E-state index in [4.69, 9.17) is 0 Å². The van der Waals surface area contributed by atoms with Crippen LogP contribution in [0.25, 0.3) is 0 Å². The molecule has 26 heavy (non-hydrogen) atoms. The Balaban J connectivity index is 1.72. The fourth-order valence-electron chi connectivity index (χ4n) is 3.57. The summed E-state index contributed by atoms with van der Waals surface area (Å²) in [4.78, 5) is 29.0. The number of nitrogens with zero attached hydrogens (tertiary/aromatic N) is 2. The molecule has 2 aromatic carbocycles. The van der Waals surface area contributed by atoms with Gasteiger partial charge < -0.3 is 9.80 Å². The van der Waals surface area contributed by atoms with Crippen LogP contribution in [0.2, 0.25) is 0 Å². The smallest absolute Gasteiger partial charge is 0.232 e. The fourth-order valence-corrected chi connectivity index (χ4v) is 3.57. The van der Waals surface area contributed by atoms with Crippen molar-refractivity contribution in [3.8, 4) is 0 Å². The first-order valence-electron chi connectivity index (χ1n) is 9.22. The van der Waals surface area contributed by atoms with Crippen LogP contribution in [0.5, 0.6) is 0 Å². The van der Waals surface area contributed by atoms with E-state index in [1.165, 1.54) is 5.56 Å². The third kappa shape index (κ3) is 3.64. The minimum absolute atomic E-state index is 0.00867. The highest BCUT2D eigenvalue weighted by molar-refractivity contribution is 5.98. The number of benzene rings is 2. The number of rotatable bonds is 5. The van der Waals surface area contributed by atoms with Crippen molar-refractivity contribution < 1.29 is 9.59 Å². The number of carbonyl (C=O) groups is 2. The molecule has 4 nitrogen and oxygen atoms in total. The third-order valence-corrected chi connectivity index (χ3v) is 5.29. The van der Waals surface area contributed by atoms with Gasteiger partial charge in [0.05, 0.1) is 12.0 Å². The van der Waals surface area contributed by atoms with E-state index in [-0.39, 0.29) is 30.2 Å². The van der Waals surface area contributed by atoms with Gasteiger partial charge >= 0.3 is 0 Å². The SMILES string of the molecule is CCc1cccc(N(C)C(=O)C2CC(=O)N(C(C)c3ccccc3)C2)c1. The van der Waals surface area contributed by atoms with Crippen LogP contribution in [0.4, 0.5) is 5.69 Å². The maximum absolute atomic E-state index is 12.9. The van der Waals surface area contributed by atoms with E-state index in [1.54, 1.807) is 11.9 Å². The van der Waals surface area contributed by atoms with E-state index in [2.05, 4.69) is 13.0 Å². The molecule has 0 bridgehead atoms. The molecule has 1 aliphatic heterocycles. The van der Waals surface area contributed by atoms with Gasteiger partial charge in [0.15, 0.2) is 0 Å². The summed E-state index contributed by atoms with van der Waals surface area (Å²) in [5.74, 6) is -0.228. The molecule has 0 saturated carbocycles. The molecule has 2 atom stereocenters. The van der Waals surface area contributed by atoms with Gasteiger partial charge in [-0.2, -0.15) is 0 Å². The van der Waals surface area contributed by atoms with E-state index < -0.39 is 0 Å². The van der Waals surface area contributed by atoms with E-state index in [1.807, 2.05) is 60.4 Å². The fraction of sp³-hybridized carbons (Fsp3) is 0.364. The number of aryl methyl sites for hydroxylation is 1. The molecule has 0 radical (unpaired) electrons. The van der Waals surface area contributed by atoms with Crippen LogP contribution < -0.4 is 4.90 Å². The van der Waals surface area contributed by atoms with Crippen LogP contribution in [0, 0.1) is 5.92 Å². The van der Waals surface area contributed by atoms with Gasteiger partial charge in [0.1, 0.15) is 0 Å². The quantitative estimate of drug-likeness (QED) is 0.822. The molecular weight excluding hydrogens is 324 g/mol. The van der Waals surface area contributed by atoms with Crippen LogP contribution in [0.3, 0.4) is 0 Å². The summed E-state index contributed by atoms with van der Waals surface area (Å²) in [6.45, 7) is 4.60. The predicted molar refractivity (Wildman–Crippen MR) is 104 cm³/mol. The summed E-state index contributed by atoms with van der Waals surface area (Å²) in [7, 11) is 1.80. The summed E-state index contributed by atoms with van der Waals surface area (Å²) in [5, 5.41) is 0. The lowest BCUT2D eigenvalue weighted by Crippen LogP contribution is -2.35. The van der Waals surface area contributed by atoms with Crippen LogP contribution >= 0.6 is 0 Å². The molecule has 4 heteroatoms. The van der Waals surface area contributed by atoms with Gasteiger partial charge in [0, 0.05) is 25.7 Å². The summed E-state index contributed by atoms with van der Waals surface area (Å²) in [6.07, 6.45) is 1.22. The Labute approximate surface area is 155 Å². The minimum Gasteiger partial charge on any atom is -0.335 e. The first kappa shape index (κ1) is 18.2. The number of likely N-dealkylation sites (tertiary alicyclic amines) is 1. The predicted octanol–water partition coefficient (Wildman–Crippen LogP) is 3.82. The van der Waals surface area contributed by atoms with Crippen molar-refractivity contribution in [3.05, 3.63) is 65.7 Å². The number of hydrogen-bond acceptors (Lipinski definition) is 2. The van der Waals surface area contributed by atoms with Gasteiger partial charge in [-0.15, -0.1) is 0 Å². The number of amides is 2. The lowest BCUT2D eigenvalue weighted by atomic mass is 10.1. The molecule has 0 N–H and O–H groups in total. The van der Waals surface area contributed by atoms with Crippen LogP contribution in [0.1, 0.15) is 37.4 Å². The van der Waals surface area contributed by atoms with Crippen molar-refractivity contribution >= 4 is 17.5 Å². The Morgan fingerprint density at radius 2 is 1.92 bits per heavy atom. The highest BCUT2D eigenvalue weighted by atomic mass is 16.2. The first-order valence-corrected chi connectivity index (χ1v) is 9.22. The summed E-state index contributed by atoms with van der Waals surface area (Å²) >= 11 is 0. The Kier molecular flexibility index (Phi) is 5.40. The lowest BCUT2D eigenvalue weighted by Gasteiger charge is -2.26. The average molecular weight is 350 g/mol. The Morgan fingerprint density at radius 3 is 2.62 bits per heavy atom.